The molecular formula is C14H16O2S. The Morgan fingerprint density at radius 1 is 1.06 bits per heavy atom. The summed E-state index contributed by atoms with van der Waals surface area (Å²) >= 11 is 0. The normalized spacial score (nSPS) is 41.8. The molecule has 3 atom stereocenters. The van der Waals surface area contributed by atoms with Gasteiger partial charge >= 0.3 is 0 Å². The molecular weight excluding hydrogens is 232 g/mol. The molecule has 5 rings (SSSR count). The molecule has 0 N–H and O–H groups in total. The molecule has 0 aliphatic heterocycles. The topological polar surface area (TPSA) is 34.1 Å². The van der Waals surface area contributed by atoms with E-state index in [9.17, 15) is 8.42 Å². The van der Waals surface area contributed by atoms with E-state index in [1.807, 2.05) is 19.1 Å². The lowest BCUT2D eigenvalue weighted by atomic mass is 10.1. The van der Waals surface area contributed by atoms with E-state index < -0.39 is 9.84 Å². The summed E-state index contributed by atoms with van der Waals surface area (Å²) in [6.07, 6.45) is 2.34. The molecule has 0 amide bonds. The summed E-state index contributed by atoms with van der Waals surface area (Å²) in [6, 6.07) is 7.35. The van der Waals surface area contributed by atoms with Crippen molar-refractivity contribution in [2.24, 2.45) is 23.7 Å². The second-order valence-corrected chi connectivity index (χ2v) is 8.06. The fourth-order valence-corrected chi connectivity index (χ4v) is 6.73. The van der Waals surface area contributed by atoms with Crippen molar-refractivity contribution >= 4 is 9.84 Å². The van der Waals surface area contributed by atoms with Crippen LogP contribution in [0.3, 0.4) is 0 Å². The molecule has 3 heteroatoms. The van der Waals surface area contributed by atoms with Crippen molar-refractivity contribution in [3.8, 4) is 0 Å². The zero-order valence-electron chi connectivity index (χ0n) is 9.84. The highest BCUT2D eigenvalue weighted by molar-refractivity contribution is 7.92. The monoisotopic (exact) mass is 248 g/mol. The van der Waals surface area contributed by atoms with Crippen molar-refractivity contribution < 1.29 is 8.42 Å². The summed E-state index contributed by atoms with van der Waals surface area (Å²) in [4.78, 5) is 0.534. The van der Waals surface area contributed by atoms with Crippen LogP contribution in [-0.2, 0) is 9.84 Å². The predicted molar refractivity (Wildman–Crippen MR) is 65.3 cm³/mol. The number of benzene rings is 1. The number of rotatable bonds is 2. The lowest BCUT2D eigenvalue weighted by Gasteiger charge is -2.15. The Morgan fingerprint density at radius 3 is 2.12 bits per heavy atom. The van der Waals surface area contributed by atoms with Crippen molar-refractivity contribution in [3.05, 3.63) is 29.8 Å². The summed E-state index contributed by atoms with van der Waals surface area (Å²) in [7, 11) is -3.07. The van der Waals surface area contributed by atoms with Crippen LogP contribution in [0.15, 0.2) is 29.2 Å². The van der Waals surface area contributed by atoms with Gasteiger partial charge < -0.3 is 0 Å². The largest absolute Gasteiger partial charge is 0.223 e. The lowest BCUT2D eigenvalue weighted by Crippen LogP contribution is -2.25. The summed E-state index contributed by atoms with van der Waals surface area (Å²) < 4.78 is 25.2. The molecule has 3 unspecified atom stereocenters. The third-order valence-electron chi connectivity index (χ3n) is 5.10. The van der Waals surface area contributed by atoms with E-state index in [2.05, 4.69) is 0 Å². The van der Waals surface area contributed by atoms with Crippen molar-refractivity contribution in [2.45, 2.75) is 29.9 Å². The van der Waals surface area contributed by atoms with Gasteiger partial charge in [-0.1, -0.05) is 17.7 Å². The zero-order chi connectivity index (χ0) is 11.8. The van der Waals surface area contributed by atoms with Gasteiger partial charge in [0.25, 0.3) is 0 Å². The first-order valence-electron chi connectivity index (χ1n) is 6.39. The van der Waals surface area contributed by atoms with Crippen LogP contribution in [0.5, 0.6) is 0 Å². The van der Waals surface area contributed by atoms with E-state index >= 15 is 0 Å². The van der Waals surface area contributed by atoms with Crippen LogP contribution in [-0.4, -0.2) is 13.7 Å². The minimum atomic E-state index is -3.07. The van der Waals surface area contributed by atoms with E-state index in [1.54, 1.807) is 12.1 Å². The van der Waals surface area contributed by atoms with Crippen LogP contribution in [0, 0.1) is 30.6 Å². The molecule has 0 aromatic heterocycles. The molecule has 0 spiro atoms. The fraction of sp³-hybridized carbons (Fsp3) is 0.571. The second kappa shape index (κ2) is 2.94. The van der Waals surface area contributed by atoms with Gasteiger partial charge in [-0.15, -0.1) is 0 Å². The fourth-order valence-electron chi connectivity index (χ4n) is 4.35. The van der Waals surface area contributed by atoms with Gasteiger partial charge in [0.1, 0.15) is 0 Å². The number of hydrogen-bond acceptors (Lipinski definition) is 2. The number of hydrogen-bond donors (Lipinski definition) is 0. The number of sulfone groups is 1. The first-order chi connectivity index (χ1) is 8.09. The highest BCUT2D eigenvalue weighted by Gasteiger charge is 2.71. The van der Waals surface area contributed by atoms with Gasteiger partial charge in [0, 0.05) is 0 Å². The Hall–Kier alpha value is -0.830. The van der Waals surface area contributed by atoms with E-state index in [0.29, 0.717) is 16.7 Å². The summed E-state index contributed by atoms with van der Waals surface area (Å²) in [5.41, 5.74) is 1.11. The zero-order valence-corrected chi connectivity index (χ0v) is 10.7. The van der Waals surface area contributed by atoms with E-state index in [-0.39, 0.29) is 5.25 Å². The Bertz CT molecular complexity index is 559. The Morgan fingerprint density at radius 2 is 1.65 bits per heavy atom. The molecule has 90 valence electrons. The second-order valence-electron chi connectivity index (χ2n) is 5.96. The lowest BCUT2D eigenvalue weighted by molar-refractivity contribution is 0.542. The van der Waals surface area contributed by atoms with Crippen LogP contribution in [0.1, 0.15) is 18.4 Å². The maximum absolute atomic E-state index is 12.6. The predicted octanol–water partition coefficient (Wildman–Crippen LogP) is 2.42. The van der Waals surface area contributed by atoms with Crippen LogP contribution in [0.2, 0.25) is 0 Å². The molecule has 4 bridgehead atoms. The van der Waals surface area contributed by atoms with Crippen LogP contribution in [0.25, 0.3) is 0 Å². The van der Waals surface area contributed by atoms with Crippen LogP contribution in [0.4, 0.5) is 0 Å². The van der Waals surface area contributed by atoms with Gasteiger partial charge in [0.15, 0.2) is 9.84 Å². The van der Waals surface area contributed by atoms with E-state index in [1.165, 1.54) is 12.8 Å². The minimum absolute atomic E-state index is 0.0554. The molecule has 4 aliphatic carbocycles. The van der Waals surface area contributed by atoms with Gasteiger partial charge in [-0.3, -0.25) is 0 Å². The van der Waals surface area contributed by atoms with Gasteiger partial charge in [-0.25, -0.2) is 8.42 Å². The summed E-state index contributed by atoms with van der Waals surface area (Å²) in [6.45, 7) is 1.99. The first kappa shape index (κ1) is 10.1. The smallest absolute Gasteiger partial charge is 0.181 e. The van der Waals surface area contributed by atoms with Gasteiger partial charge in [0.2, 0.25) is 0 Å². The average molecular weight is 248 g/mol. The minimum Gasteiger partial charge on any atom is -0.223 e. The third-order valence-corrected chi connectivity index (χ3v) is 7.44. The van der Waals surface area contributed by atoms with Crippen molar-refractivity contribution in [3.63, 3.8) is 0 Å². The van der Waals surface area contributed by atoms with Crippen molar-refractivity contribution in [2.75, 3.05) is 0 Å². The van der Waals surface area contributed by atoms with Gasteiger partial charge in [-0.05, 0) is 55.6 Å². The van der Waals surface area contributed by atoms with Gasteiger partial charge in [0.05, 0.1) is 10.1 Å². The van der Waals surface area contributed by atoms with E-state index in [0.717, 1.165) is 17.4 Å². The molecule has 0 heterocycles. The van der Waals surface area contributed by atoms with Crippen molar-refractivity contribution in [1.29, 1.82) is 0 Å². The highest BCUT2D eigenvalue weighted by atomic mass is 32.2. The molecule has 0 saturated heterocycles. The highest BCUT2D eigenvalue weighted by Crippen LogP contribution is 2.72. The Labute approximate surface area is 102 Å². The molecule has 4 aliphatic rings. The molecule has 4 fully saturated rings. The molecule has 4 saturated carbocycles. The molecule has 2 nitrogen and oxygen atoms in total. The van der Waals surface area contributed by atoms with Crippen LogP contribution >= 0.6 is 0 Å². The summed E-state index contributed by atoms with van der Waals surface area (Å²) in [5, 5.41) is -0.0554. The van der Waals surface area contributed by atoms with E-state index in [4.69, 9.17) is 0 Å². The third kappa shape index (κ3) is 1.18. The average Bonchev–Trinajstić information content (AvgIpc) is 2.76. The summed E-state index contributed by atoms with van der Waals surface area (Å²) in [5.74, 6) is 2.48. The molecule has 17 heavy (non-hydrogen) atoms. The molecule has 1 aromatic rings. The maximum Gasteiger partial charge on any atom is 0.181 e. The first-order valence-corrected chi connectivity index (χ1v) is 7.94. The van der Waals surface area contributed by atoms with Gasteiger partial charge in [-0.2, -0.15) is 0 Å². The standard InChI is InChI=1S/C14H16O2S/c1-8-2-4-10(5-3-8)17(15,16)14-9-6-11-12(7-9)13(11)14/h2-5,9,11-14H,6-7H2,1H3. The van der Waals surface area contributed by atoms with Crippen molar-refractivity contribution in [1.82, 2.24) is 0 Å². The molecule has 0 radical (unpaired) electrons. The molecule has 1 aromatic carbocycles. The number of aryl methyl sites for hydroxylation is 1. The van der Waals surface area contributed by atoms with Crippen LogP contribution < -0.4 is 0 Å². The maximum atomic E-state index is 12.6. The SMILES string of the molecule is Cc1ccc(S(=O)(=O)C2C3CC4C(C3)C42)cc1. The Balaban J connectivity index is 1.75. The quantitative estimate of drug-likeness (QED) is 0.805. The Kier molecular flexibility index (Phi) is 1.75.